The second kappa shape index (κ2) is 4.88. The van der Waals surface area contributed by atoms with Crippen LogP contribution in [0.3, 0.4) is 0 Å². The first-order chi connectivity index (χ1) is 9.24. The lowest BCUT2D eigenvalue weighted by Crippen LogP contribution is -2.28. The SMILES string of the molecule is Cc1ccc(-c2cnoc2NC(=O)C2CCC2)cc1. The molecule has 4 nitrogen and oxygen atoms in total. The minimum Gasteiger partial charge on any atom is -0.338 e. The smallest absolute Gasteiger partial charge is 0.239 e. The molecule has 0 unspecified atom stereocenters. The van der Waals surface area contributed by atoms with E-state index < -0.39 is 0 Å². The van der Waals surface area contributed by atoms with E-state index in [-0.39, 0.29) is 11.8 Å². The van der Waals surface area contributed by atoms with Crippen molar-refractivity contribution in [2.75, 3.05) is 5.32 Å². The lowest BCUT2D eigenvalue weighted by atomic mass is 9.85. The number of carbonyl (C=O) groups is 1. The van der Waals surface area contributed by atoms with Crippen molar-refractivity contribution in [3.8, 4) is 11.1 Å². The summed E-state index contributed by atoms with van der Waals surface area (Å²) in [6, 6.07) is 8.06. The molecule has 0 spiro atoms. The van der Waals surface area contributed by atoms with E-state index in [9.17, 15) is 4.79 Å². The maximum Gasteiger partial charge on any atom is 0.239 e. The van der Waals surface area contributed by atoms with Gasteiger partial charge >= 0.3 is 0 Å². The van der Waals surface area contributed by atoms with Crippen molar-refractivity contribution >= 4 is 11.8 Å². The molecule has 1 fully saturated rings. The zero-order valence-corrected chi connectivity index (χ0v) is 10.8. The molecule has 98 valence electrons. The summed E-state index contributed by atoms with van der Waals surface area (Å²) in [7, 11) is 0. The van der Waals surface area contributed by atoms with E-state index in [1.807, 2.05) is 31.2 Å². The van der Waals surface area contributed by atoms with Crippen LogP contribution in [0.15, 0.2) is 35.0 Å². The molecule has 0 radical (unpaired) electrons. The van der Waals surface area contributed by atoms with Crippen LogP contribution in [-0.4, -0.2) is 11.1 Å². The van der Waals surface area contributed by atoms with Crippen LogP contribution in [0.25, 0.3) is 11.1 Å². The van der Waals surface area contributed by atoms with Crippen molar-refractivity contribution in [1.29, 1.82) is 0 Å². The number of carbonyl (C=O) groups excluding carboxylic acids is 1. The monoisotopic (exact) mass is 256 g/mol. The summed E-state index contributed by atoms with van der Waals surface area (Å²) in [5.74, 6) is 0.619. The van der Waals surface area contributed by atoms with Crippen molar-refractivity contribution in [1.82, 2.24) is 5.16 Å². The number of hydrogen-bond donors (Lipinski definition) is 1. The van der Waals surface area contributed by atoms with E-state index >= 15 is 0 Å². The largest absolute Gasteiger partial charge is 0.338 e. The first-order valence-electron chi connectivity index (χ1n) is 6.56. The molecule has 1 saturated carbocycles. The van der Waals surface area contributed by atoms with Gasteiger partial charge in [0.2, 0.25) is 11.8 Å². The summed E-state index contributed by atoms with van der Waals surface area (Å²) in [5, 5.41) is 6.62. The van der Waals surface area contributed by atoms with Crippen LogP contribution in [0.2, 0.25) is 0 Å². The van der Waals surface area contributed by atoms with Crippen LogP contribution >= 0.6 is 0 Å². The minimum atomic E-state index is 0.0383. The van der Waals surface area contributed by atoms with Crippen molar-refractivity contribution < 1.29 is 9.32 Å². The average Bonchev–Trinajstić information content (AvgIpc) is 2.76. The predicted molar refractivity (Wildman–Crippen MR) is 72.6 cm³/mol. The number of benzene rings is 1. The van der Waals surface area contributed by atoms with Crippen molar-refractivity contribution in [3.05, 3.63) is 36.0 Å². The van der Waals surface area contributed by atoms with Crippen LogP contribution in [0.5, 0.6) is 0 Å². The number of rotatable bonds is 3. The third-order valence-electron chi connectivity index (χ3n) is 3.65. The summed E-state index contributed by atoms with van der Waals surface area (Å²) in [6.07, 6.45) is 4.72. The molecule has 0 atom stereocenters. The van der Waals surface area contributed by atoms with Gasteiger partial charge in [-0.15, -0.1) is 0 Å². The molecule has 3 rings (SSSR count). The highest BCUT2D eigenvalue weighted by Crippen LogP contribution is 2.31. The molecule has 1 aromatic carbocycles. The van der Waals surface area contributed by atoms with Gasteiger partial charge in [0.25, 0.3) is 0 Å². The number of anilines is 1. The van der Waals surface area contributed by atoms with Gasteiger partial charge in [0.15, 0.2) is 0 Å². The molecule has 1 heterocycles. The van der Waals surface area contributed by atoms with Crippen molar-refractivity contribution in [2.24, 2.45) is 5.92 Å². The van der Waals surface area contributed by atoms with Gasteiger partial charge in [-0.3, -0.25) is 10.1 Å². The zero-order valence-electron chi connectivity index (χ0n) is 10.8. The van der Waals surface area contributed by atoms with Gasteiger partial charge in [-0.2, -0.15) is 0 Å². The Morgan fingerprint density at radius 3 is 2.68 bits per heavy atom. The topological polar surface area (TPSA) is 55.1 Å². The predicted octanol–water partition coefficient (Wildman–Crippen LogP) is 3.39. The molecule has 1 aliphatic rings. The van der Waals surface area contributed by atoms with Gasteiger partial charge in [-0.1, -0.05) is 41.4 Å². The summed E-state index contributed by atoms with van der Waals surface area (Å²) >= 11 is 0. The Kier molecular flexibility index (Phi) is 3.07. The molecule has 2 aromatic rings. The Morgan fingerprint density at radius 2 is 2.05 bits per heavy atom. The fourth-order valence-electron chi connectivity index (χ4n) is 2.15. The Hall–Kier alpha value is -2.10. The fourth-order valence-corrected chi connectivity index (χ4v) is 2.15. The quantitative estimate of drug-likeness (QED) is 0.915. The van der Waals surface area contributed by atoms with Gasteiger partial charge < -0.3 is 4.52 Å². The molecule has 1 N–H and O–H groups in total. The van der Waals surface area contributed by atoms with Crippen LogP contribution in [0.4, 0.5) is 5.88 Å². The lowest BCUT2D eigenvalue weighted by molar-refractivity contribution is -0.122. The van der Waals surface area contributed by atoms with E-state index in [1.165, 1.54) is 5.56 Å². The van der Waals surface area contributed by atoms with Crippen LogP contribution < -0.4 is 5.32 Å². The highest BCUT2D eigenvalue weighted by atomic mass is 16.5. The summed E-state index contributed by atoms with van der Waals surface area (Å²) in [5.41, 5.74) is 3.02. The van der Waals surface area contributed by atoms with Gasteiger partial charge in [0.1, 0.15) is 0 Å². The molecular weight excluding hydrogens is 240 g/mol. The number of aromatic nitrogens is 1. The third-order valence-corrected chi connectivity index (χ3v) is 3.65. The van der Waals surface area contributed by atoms with Gasteiger partial charge in [-0.25, -0.2) is 0 Å². The maximum atomic E-state index is 11.9. The number of nitrogens with zero attached hydrogens (tertiary/aromatic N) is 1. The van der Waals surface area contributed by atoms with Crippen molar-refractivity contribution in [2.45, 2.75) is 26.2 Å². The maximum absolute atomic E-state index is 11.9. The molecule has 0 bridgehead atoms. The Labute approximate surface area is 111 Å². The lowest BCUT2D eigenvalue weighted by Gasteiger charge is -2.23. The number of amides is 1. The summed E-state index contributed by atoms with van der Waals surface area (Å²) in [6.45, 7) is 2.04. The molecule has 0 aliphatic heterocycles. The Bertz CT molecular complexity index is 582. The van der Waals surface area contributed by atoms with E-state index in [1.54, 1.807) is 6.20 Å². The summed E-state index contributed by atoms with van der Waals surface area (Å²) in [4.78, 5) is 11.9. The Balaban J connectivity index is 1.81. The van der Waals surface area contributed by atoms with Gasteiger partial charge in [0.05, 0.1) is 11.8 Å². The van der Waals surface area contributed by atoms with E-state index in [0.717, 1.165) is 30.4 Å². The fraction of sp³-hybridized carbons (Fsp3) is 0.333. The van der Waals surface area contributed by atoms with Gasteiger partial charge in [-0.05, 0) is 25.3 Å². The molecule has 0 saturated heterocycles. The average molecular weight is 256 g/mol. The number of hydrogen-bond acceptors (Lipinski definition) is 3. The number of nitrogens with one attached hydrogen (secondary N) is 1. The third kappa shape index (κ3) is 2.38. The highest BCUT2D eigenvalue weighted by molar-refractivity contribution is 5.95. The molecule has 4 heteroatoms. The van der Waals surface area contributed by atoms with E-state index in [4.69, 9.17) is 4.52 Å². The zero-order chi connectivity index (χ0) is 13.2. The van der Waals surface area contributed by atoms with Gasteiger partial charge in [0, 0.05) is 5.92 Å². The molecule has 19 heavy (non-hydrogen) atoms. The summed E-state index contributed by atoms with van der Waals surface area (Å²) < 4.78 is 5.16. The van der Waals surface area contributed by atoms with E-state index in [2.05, 4.69) is 10.5 Å². The normalized spacial score (nSPS) is 15.0. The highest BCUT2D eigenvalue weighted by Gasteiger charge is 2.26. The molecule has 1 aromatic heterocycles. The first kappa shape index (κ1) is 12.0. The molecular formula is C15H16N2O2. The van der Waals surface area contributed by atoms with Crippen molar-refractivity contribution in [3.63, 3.8) is 0 Å². The number of aryl methyl sites for hydroxylation is 1. The second-order valence-corrected chi connectivity index (χ2v) is 5.05. The van der Waals surface area contributed by atoms with Crippen LogP contribution in [0, 0.1) is 12.8 Å². The standard InChI is InChI=1S/C15H16N2O2/c1-10-5-7-11(8-6-10)13-9-16-19-15(13)17-14(18)12-3-2-4-12/h5-9,12H,2-4H2,1H3,(H,17,18). The minimum absolute atomic E-state index is 0.0383. The first-order valence-corrected chi connectivity index (χ1v) is 6.56. The van der Waals surface area contributed by atoms with Crippen LogP contribution in [-0.2, 0) is 4.79 Å². The molecule has 1 amide bonds. The van der Waals surface area contributed by atoms with E-state index in [0.29, 0.717) is 5.88 Å². The Morgan fingerprint density at radius 1 is 1.32 bits per heavy atom. The van der Waals surface area contributed by atoms with Crippen LogP contribution in [0.1, 0.15) is 24.8 Å². The molecule has 1 aliphatic carbocycles. The second-order valence-electron chi connectivity index (χ2n) is 5.05.